The fourth-order valence-corrected chi connectivity index (χ4v) is 2.85. The lowest BCUT2D eigenvalue weighted by atomic mass is 10.2. The quantitative estimate of drug-likeness (QED) is 0.654. The molecule has 0 fully saturated rings. The number of amides is 1. The predicted octanol–water partition coefficient (Wildman–Crippen LogP) is 4.00. The van der Waals surface area contributed by atoms with Gasteiger partial charge in [0.25, 0.3) is 11.6 Å². The molecule has 0 radical (unpaired) electrons. The highest BCUT2D eigenvalue weighted by Crippen LogP contribution is 2.39. The lowest BCUT2D eigenvalue weighted by Gasteiger charge is -2.26. The van der Waals surface area contributed by atoms with Crippen molar-refractivity contribution in [1.82, 2.24) is 0 Å². The van der Waals surface area contributed by atoms with Gasteiger partial charge in [-0.3, -0.25) is 14.9 Å². The Kier molecular flexibility index (Phi) is 4.21. The first-order valence-electron chi connectivity index (χ1n) is 6.80. The first kappa shape index (κ1) is 16.4. The third-order valence-electron chi connectivity index (χ3n) is 3.55. The van der Waals surface area contributed by atoms with Gasteiger partial charge >= 0.3 is 0 Å². The molecule has 0 aliphatic carbocycles. The molecule has 1 aliphatic rings. The number of nitro groups is 1. The van der Waals surface area contributed by atoms with E-state index in [1.54, 1.807) is 25.2 Å². The Morgan fingerprint density at radius 2 is 1.92 bits per heavy atom. The minimum Gasteiger partial charge on any atom is -0.482 e. The van der Waals surface area contributed by atoms with E-state index in [1.165, 1.54) is 17.0 Å². The van der Waals surface area contributed by atoms with Crippen LogP contribution in [0.3, 0.4) is 0 Å². The number of rotatable bonds is 3. The van der Waals surface area contributed by atoms with Crippen LogP contribution in [0.5, 0.6) is 5.75 Å². The van der Waals surface area contributed by atoms with Crippen molar-refractivity contribution >= 4 is 51.9 Å². The highest BCUT2D eigenvalue weighted by molar-refractivity contribution is 6.39. The largest absolute Gasteiger partial charge is 0.482 e. The van der Waals surface area contributed by atoms with E-state index in [9.17, 15) is 14.9 Å². The van der Waals surface area contributed by atoms with E-state index in [4.69, 9.17) is 27.9 Å². The third-order valence-corrected chi connectivity index (χ3v) is 4.15. The van der Waals surface area contributed by atoms with Gasteiger partial charge in [-0.1, -0.05) is 23.2 Å². The van der Waals surface area contributed by atoms with Crippen molar-refractivity contribution in [3.05, 3.63) is 50.5 Å². The van der Waals surface area contributed by atoms with E-state index in [2.05, 4.69) is 5.32 Å². The van der Waals surface area contributed by atoms with Gasteiger partial charge < -0.3 is 15.0 Å². The van der Waals surface area contributed by atoms with Crippen LogP contribution >= 0.6 is 23.2 Å². The highest BCUT2D eigenvalue weighted by atomic mass is 35.5. The maximum Gasteiger partial charge on any atom is 0.272 e. The number of carbonyl (C=O) groups is 1. The Labute approximate surface area is 146 Å². The van der Waals surface area contributed by atoms with Crippen molar-refractivity contribution in [1.29, 1.82) is 0 Å². The second-order valence-corrected chi connectivity index (χ2v) is 5.90. The van der Waals surface area contributed by atoms with E-state index in [0.717, 1.165) is 0 Å². The molecule has 0 bridgehead atoms. The van der Waals surface area contributed by atoms with E-state index >= 15 is 0 Å². The predicted molar refractivity (Wildman–Crippen MR) is 91.7 cm³/mol. The van der Waals surface area contributed by atoms with Crippen LogP contribution in [0.25, 0.3) is 0 Å². The van der Waals surface area contributed by atoms with Gasteiger partial charge in [-0.05, 0) is 18.2 Å². The van der Waals surface area contributed by atoms with Gasteiger partial charge in [-0.15, -0.1) is 0 Å². The molecule has 9 heteroatoms. The minimum absolute atomic E-state index is 0.00369. The molecule has 7 nitrogen and oxygen atoms in total. The van der Waals surface area contributed by atoms with Crippen molar-refractivity contribution in [2.24, 2.45) is 0 Å². The average Bonchev–Trinajstić information content (AvgIpc) is 2.54. The number of anilines is 3. The summed E-state index contributed by atoms with van der Waals surface area (Å²) in [6.45, 7) is -0.00369. The fourth-order valence-electron chi connectivity index (χ4n) is 2.28. The van der Waals surface area contributed by atoms with Gasteiger partial charge in [0, 0.05) is 24.9 Å². The van der Waals surface area contributed by atoms with Gasteiger partial charge in [0.2, 0.25) is 0 Å². The Morgan fingerprint density at radius 3 is 2.54 bits per heavy atom. The summed E-state index contributed by atoms with van der Waals surface area (Å²) in [7, 11) is 1.65. The molecule has 0 saturated carbocycles. The summed E-state index contributed by atoms with van der Waals surface area (Å²) >= 11 is 12.2. The summed E-state index contributed by atoms with van der Waals surface area (Å²) in [5.41, 5.74) is 1.36. The number of benzene rings is 2. The Morgan fingerprint density at radius 1 is 1.25 bits per heavy atom. The maximum atomic E-state index is 11.7. The van der Waals surface area contributed by atoms with Crippen LogP contribution in [0.2, 0.25) is 10.0 Å². The molecule has 124 valence electrons. The van der Waals surface area contributed by atoms with Gasteiger partial charge in [0.1, 0.15) is 5.75 Å². The number of hydrogen-bond donors (Lipinski definition) is 1. The molecule has 1 amide bonds. The SMILES string of the molecule is CN1C(=O)COc2ccc(Nc3c(Cl)cc([N+](=O)[O-])cc3Cl)cc21. The normalized spacial score (nSPS) is 13.3. The number of carbonyl (C=O) groups excluding carboxylic acids is 1. The van der Waals surface area contributed by atoms with E-state index in [0.29, 0.717) is 22.8 Å². The smallest absolute Gasteiger partial charge is 0.272 e. The molecule has 24 heavy (non-hydrogen) atoms. The first-order chi connectivity index (χ1) is 11.4. The van der Waals surface area contributed by atoms with E-state index in [-0.39, 0.29) is 28.2 Å². The molecule has 0 unspecified atom stereocenters. The van der Waals surface area contributed by atoms with Gasteiger partial charge in [-0.2, -0.15) is 0 Å². The summed E-state index contributed by atoms with van der Waals surface area (Å²) < 4.78 is 5.35. The highest BCUT2D eigenvalue weighted by Gasteiger charge is 2.23. The zero-order chi connectivity index (χ0) is 17.4. The monoisotopic (exact) mass is 367 g/mol. The third kappa shape index (κ3) is 2.95. The number of fused-ring (bicyclic) bond motifs is 1. The molecular formula is C15H11Cl2N3O4. The second kappa shape index (κ2) is 6.18. The Hall–Kier alpha value is -2.51. The lowest BCUT2D eigenvalue weighted by Crippen LogP contribution is -2.35. The summed E-state index contributed by atoms with van der Waals surface area (Å²) in [6, 6.07) is 7.59. The zero-order valence-corrected chi connectivity index (χ0v) is 13.9. The Balaban J connectivity index is 1.95. The standard InChI is InChI=1S/C15H11Cl2N3O4/c1-19-12-4-8(2-3-13(12)24-7-14(19)21)18-15-10(16)5-9(20(22)23)6-11(15)17/h2-6,18H,7H2,1H3. The number of nitrogens with one attached hydrogen (secondary N) is 1. The molecule has 3 rings (SSSR count). The van der Waals surface area contributed by atoms with Crippen molar-refractivity contribution < 1.29 is 14.5 Å². The summed E-state index contributed by atoms with van der Waals surface area (Å²) in [5.74, 6) is 0.426. The number of ether oxygens (including phenoxy) is 1. The van der Waals surface area contributed by atoms with Crippen LogP contribution in [-0.2, 0) is 4.79 Å². The number of halogens is 2. The molecule has 1 heterocycles. The molecule has 0 spiro atoms. The zero-order valence-electron chi connectivity index (χ0n) is 12.4. The second-order valence-electron chi connectivity index (χ2n) is 5.09. The molecular weight excluding hydrogens is 357 g/mol. The molecule has 0 atom stereocenters. The molecule has 0 aromatic heterocycles. The van der Waals surface area contributed by atoms with Gasteiger partial charge in [0.15, 0.2) is 6.61 Å². The molecule has 0 saturated heterocycles. The van der Waals surface area contributed by atoms with Gasteiger partial charge in [-0.25, -0.2) is 0 Å². The van der Waals surface area contributed by atoms with E-state index in [1.807, 2.05) is 0 Å². The average molecular weight is 368 g/mol. The van der Waals surface area contributed by atoms with Crippen molar-refractivity contribution in [3.63, 3.8) is 0 Å². The van der Waals surface area contributed by atoms with Crippen LogP contribution in [0, 0.1) is 10.1 Å². The molecule has 2 aromatic rings. The van der Waals surface area contributed by atoms with Gasteiger partial charge in [0.05, 0.1) is 26.3 Å². The number of likely N-dealkylation sites (N-methyl/N-ethyl adjacent to an activating group) is 1. The number of hydrogen-bond acceptors (Lipinski definition) is 5. The molecule has 1 aliphatic heterocycles. The maximum absolute atomic E-state index is 11.7. The first-order valence-corrected chi connectivity index (χ1v) is 7.56. The van der Waals surface area contributed by atoms with Crippen molar-refractivity contribution in [2.45, 2.75) is 0 Å². The van der Waals surface area contributed by atoms with Crippen molar-refractivity contribution in [2.75, 3.05) is 23.9 Å². The van der Waals surface area contributed by atoms with E-state index < -0.39 is 4.92 Å². The van der Waals surface area contributed by atoms with Crippen LogP contribution in [-0.4, -0.2) is 24.5 Å². The molecule has 2 aromatic carbocycles. The summed E-state index contributed by atoms with van der Waals surface area (Å²) in [4.78, 5) is 23.4. The van der Waals surface area contributed by atoms with Crippen LogP contribution in [0.1, 0.15) is 0 Å². The number of non-ortho nitro benzene ring substituents is 1. The van der Waals surface area contributed by atoms with Crippen LogP contribution < -0.4 is 15.0 Å². The van der Waals surface area contributed by atoms with Crippen LogP contribution in [0.15, 0.2) is 30.3 Å². The molecule has 1 N–H and O–H groups in total. The van der Waals surface area contributed by atoms with Crippen molar-refractivity contribution in [3.8, 4) is 5.75 Å². The topological polar surface area (TPSA) is 84.7 Å². The van der Waals surface area contributed by atoms with Crippen LogP contribution in [0.4, 0.5) is 22.7 Å². The summed E-state index contributed by atoms with van der Waals surface area (Å²) in [6.07, 6.45) is 0. The lowest BCUT2D eigenvalue weighted by molar-refractivity contribution is -0.384. The minimum atomic E-state index is -0.571. The Bertz CT molecular complexity index is 834. The fraction of sp³-hybridized carbons (Fsp3) is 0.133. The number of nitro benzene ring substituents is 1. The number of nitrogens with zero attached hydrogens (tertiary/aromatic N) is 2. The summed E-state index contributed by atoms with van der Waals surface area (Å²) in [5, 5.41) is 14.1.